The standard InChI is InChI=1S/C65H117N6O26PS3/c1-42-54(68-43(2)75)62(95-48(35-72)57(42)83)99-32-19-13-10-16-28-66-52(81)27-31-93-40-65(71-53(82)24-20-23-51(80)67-41-94-98(88,89)90-5,38-91-29-25-46(78)21-14-8-6-11-17-33-100-63-55(69-44(3)76)60(86)58(84)49(36-73)96-63)39-92-30-26-47(79)22-15-9-7-12-18-34-101-64-56(70-45(4)77)61(87)59(85)50(37-74)97-64/h42,48-50,54-64,72-74,83-87H,6-41H2,1-5H3,(H,66,81)(H,67,80)(H,68,75)(H,69,76)(H,70,77)(H,71,82)(H,88,89). The van der Waals surface area contributed by atoms with Gasteiger partial charge in [0.15, 0.2) is 0 Å². The zero-order valence-corrected chi connectivity index (χ0v) is 62.6. The summed E-state index contributed by atoms with van der Waals surface area (Å²) in [7, 11) is -3.40. The Hall–Kier alpha value is -3.24. The van der Waals surface area contributed by atoms with Gasteiger partial charge in [-0.3, -0.25) is 47.4 Å². The van der Waals surface area contributed by atoms with Crippen LogP contribution in [0.2, 0.25) is 0 Å². The van der Waals surface area contributed by atoms with Gasteiger partial charge in [-0.05, 0) is 62.2 Å². The Kier molecular flexibility index (Phi) is 47.3. The van der Waals surface area contributed by atoms with Crippen molar-refractivity contribution in [3.63, 3.8) is 0 Å². The molecule has 3 saturated heterocycles. The molecule has 0 radical (unpaired) electrons. The molecule has 586 valence electrons. The van der Waals surface area contributed by atoms with Gasteiger partial charge in [0.1, 0.15) is 82.9 Å². The van der Waals surface area contributed by atoms with Crippen LogP contribution in [0, 0.1) is 5.92 Å². The fraction of sp³-hybridized carbons (Fsp3) is 0.877. The monoisotopic (exact) mass is 1520 g/mol. The van der Waals surface area contributed by atoms with E-state index in [1.807, 2.05) is 6.92 Å². The number of aliphatic hydroxyl groups is 8. The predicted molar refractivity (Wildman–Crippen MR) is 375 cm³/mol. The van der Waals surface area contributed by atoms with E-state index in [-0.39, 0.29) is 127 Å². The molecule has 0 aromatic rings. The lowest BCUT2D eigenvalue weighted by Crippen LogP contribution is -2.63. The normalized spacial score (nSPS) is 26.4. The number of nitrogens with one attached hydrogen (secondary N) is 6. The van der Waals surface area contributed by atoms with E-state index in [2.05, 4.69) is 40.9 Å². The Balaban J connectivity index is 1.59. The lowest BCUT2D eigenvalue weighted by molar-refractivity contribution is -0.173. The summed E-state index contributed by atoms with van der Waals surface area (Å²) in [5.41, 5.74) is -3.26. The van der Waals surface area contributed by atoms with E-state index in [0.29, 0.717) is 43.1 Å². The van der Waals surface area contributed by atoms with E-state index >= 15 is 0 Å². The molecule has 3 heterocycles. The Labute approximate surface area is 606 Å². The fourth-order valence-corrected chi connectivity index (χ4v) is 15.6. The van der Waals surface area contributed by atoms with Gasteiger partial charge < -0.3 is 106 Å². The van der Waals surface area contributed by atoms with Crippen molar-refractivity contribution in [3.05, 3.63) is 0 Å². The number of phosphoric ester groups is 1. The SMILES string of the molecule is COP(=O)(O)OCNC(=O)CCCC(=O)NC(COCCC(=O)CCCCCCCSC1OC(CO)C(O)C(O)C1NC(C)=O)(COCCC(=O)CCCCCCCSC1OC(CO)C(O)C(O)C1NC(C)=O)COCCC(=O)NCCCCCCSC1OC(CO)C(O)C(C)C1NC(C)=O. The third-order valence-electron chi connectivity index (χ3n) is 17.2. The molecule has 3 aliphatic rings. The quantitative estimate of drug-likeness (QED) is 0.0228. The highest BCUT2D eigenvalue weighted by molar-refractivity contribution is 8.00. The number of phosphoric acid groups is 1. The maximum absolute atomic E-state index is 13.8. The van der Waals surface area contributed by atoms with Crippen molar-refractivity contribution in [2.45, 2.75) is 258 Å². The number of amides is 6. The van der Waals surface area contributed by atoms with Crippen molar-refractivity contribution in [1.82, 2.24) is 31.9 Å². The first-order valence-corrected chi connectivity index (χ1v) is 39.8. The van der Waals surface area contributed by atoms with Gasteiger partial charge in [0.25, 0.3) is 0 Å². The number of unbranched alkanes of at least 4 members (excludes halogenated alkanes) is 11. The van der Waals surface area contributed by atoms with Crippen LogP contribution in [0.25, 0.3) is 0 Å². The summed E-state index contributed by atoms with van der Waals surface area (Å²) in [6.45, 7) is 3.35. The molecule has 101 heavy (non-hydrogen) atoms. The second-order valence-electron chi connectivity index (χ2n) is 25.8. The lowest BCUT2D eigenvalue weighted by atomic mass is 9.89. The molecule has 6 amide bonds. The highest BCUT2D eigenvalue weighted by Gasteiger charge is 2.47. The number of thioether (sulfide) groups is 3. The third-order valence-corrected chi connectivity index (χ3v) is 21.9. The Bertz CT molecular complexity index is 2270. The molecule has 0 saturated carbocycles. The summed E-state index contributed by atoms with van der Waals surface area (Å²) in [5, 5.41) is 97.8. The van der Waals surface area contributed by atoms with E-state index in [4.69, 9.17) is 28.4 Å². The number of ether oxygens (including phenoxy) is 6. The molecule has 3 aliphatic heterocycles. The van der Waals surface area contributed by atoms with Crippen LogP contribution in [-0.2, 0) is 80.4 Å². The molecule has 0 bridgehead atoms. The van der Waals surface area contributed by atoms with Crippen LogP contribution in [0.15, 0.2) is 0 Å². The average molecular weight is 1530 g/mol. The molecule has 0 aromatic carbocycles. The van der Waals surface area contributed by atoms with Gasteiger partial charge in [0, 0.05) is 85.3 Å². The summed E-state index contributed by atoms with van der Waals surface area (Å²) in [5.74, 6) is -0.976. The van der Waals surface area contributed by atoms with E-state index in [9.17, 15) is 88.7 Å². The van der Waals surface area contributed by atoms with Crippen molar-refractivity contribution in [2.24, 2.45) is 5.92 Å². The van der Waals surface area contributed by atoms with Gasteiger partial charge in [-0.15, -0.1) is 35.3 Å². The summed E-state index contributed by atoms with van der Waals surface area (Å²) >= 11 is 4.24. The summed E-state index contributed by atoms with van der Waals surface area (Å²) < 4.78 is 56.5. The van der Waals surface area contributed by atoms with Gasteiger partial charge >= 0.3 is 7.82 Å². The number of hydrogen-bond acceptors (Lipinski definition) is 28. The van der Waals surface area contributed by atoms with Crippen LogP contribution in [0.3, 0.4) is 0 Å². The summed E-state index contributed by atoms with van der Waals surface area (Å²) in [6.07, 6.45) is 1.96. The largest absolute Gasteiger partial charge is 0.473 e. The second kappa shape index (κ2) is 51.9. The number of Topliss-reactive ketones (excluding diaryl/α,β-unsaturated/α-hetero) is 2. The van der Waals surface area contributed by atoms with E-state index < -0.39 is 140 Å². The summed E-state index contributed by atoms with van der Waals surface area (Å²) in [4.78, 5) is 111. The van der Waals surface area contributed by atoms with Crippen molar-refractivity contribution >= 4 is 90.1 Å². The third kappa shape index (κ3) is 37.2. The minimum atomic E-state index is -4.37. The van der Waals surface area contributed by atoms with Gasteiger partial charge in [-0.25, -0.2) is 4.57 Å². The number of ketones is 2. The number of carbonyl (C=O) groups is 8. The maximum atomic E-state index is 13.8. The molecule has 0 aliphatic carbocycles. The van der Waals surface area contributed by atoms with E-state index in [1.165, 1.54) is 56.1 Å². The molecule has 0 aromatic heterocycles. The molecule has 3 rings (SSSR count). The van der Waals surface area contributed by atoms with E-state index in [0.717, 1.165) is 77.7 Å². The molecular formula is C65H117N6O26PS3. The van der Waals surface area contributed by atoms with E-state index in [1.54, 1.807) is 0 Å². The number of rotatable bonds is 56. The zero-order valence-electron chi connectivity index (χ0n) is 59.3. The van der Waals surface area contributed by atoms with Crippen molar-refractivity contribution in [1.29, 1.82) is 0 Å². The highest BCUT2D eigenvalue weighted by atomic mass is 32.2. The topological polar surface area (TPSA) is 482 Å². The lowest BCUT2D eigenvalue weighted by Gasteiger charge is -2.43. The maximum Gasteiger partial charge on any atom is 0.473 e. The average Bonchev–Trinajstić information content (AvgIpc) is 0.813. The van der Waals surface area contributed by atoms with Crippen LogP contribution in [0.4, 0.5) is 0 Å². The number of hydrogen-bond donors (Lipinski definition) is 15. The molecular weight excluding hydrogens is 1410 g/mol. The Morgan fingerprint density at radius 1 is 0.455 bits per heavy atom. The first-order chi connectivity index (χ1) is 48.2. The molecule has 16 atom stereocenters. The molecule has 15 N–H and O–H groups in total. The van der Waals surface area contributed by atoms with Gasteiger partial charge in [-0.1, -0.05) is 58.3 Å². The molecule has 3 fully saturated rings. The fourth-order valence-electron chi connectivity index (χ4n) is 11.4. The Morgan fingerprint density at radius 2 is 0.832 bits per heavy atom. The molecule has 0 spiro atoms. The van der Waals surface area contributed by atoms with Crippen LogP contribution < -0.4 is 31.9 Å². The number of aliphatic hydroxyl groups excluding tert-OH is 8. The van der Waals surface area contributed by atoms with Gasteiger partial charge in [-0.2, -0.15) is 0 Å². The smallest absolute Gasteiger partial charge is 0.394 e. The van der Waals surface area contributed by atoms with Crippen LogP contribution in [0.5, 0.6) is 0 Å². The van der Waals surface area contributed by atoms with Crippen molar-refractivity contribution in [3.8, 4) is 0 Å². The van der Waals surface area contributed by atoms with Crippen LogP contribution in [0.1, 0.15) is 169 Å². The zero-order chi connectivity index (χ0) is 74.8. The molecule has 36 heteroatoms. The van der Waals surface area contributed by atoms with Crippen LogP contribution >= 0.6 is 43.1 Å². The van der Waals surface area contributed by atoms with Crippen LogP contribution in [-0.4, -0.2) is 279 Å². The predicted octanol–water partition coefficient (Wildman–Crippen LogP) is 0.871. The minimum Gasteiger partial charge on any atom is -0.394 e. The Morgan fingerprint density at radius 3 is 1.27 bits per heavy atom. The summed E-state index contributed by atoms with van der Waals surface area (Å²) in [6, 6.07) is -2.16. The second-order valence-corrected chi connectivity index (χ2v) is 31.0. The molecule has 32 nitrogen and oxygen atoms in total. The molecule has 16 unspecified atom stereocenters. The van der Waals surface area contributed by atoms with Crippen molar-refractivity contribution < 1.29 is 126 Å². The van der Waals surface area contributed by atoms with Gasteiger partial charge in [0.2, 0.25) is 35.4 Å². The first kappa shape index (κ1) is 92.0. The highest BCUT2D eigenvalue weighted by Crippen LogP contribution is 2.41. The minimum absolute atomic E-state index is 0.0286. The van der Waals surface area contributed by atoms with Crippen molar-refractivity contribution in [2.75, 3.05) is 97.1 Å². The first-order valence-electron chi connectivity index (χ1n) is 35.2. The van der Waals surface area contributed by atoms with Gasteiger partial charge in [0.05, 0.1) is 83.7 Å². The number of carbonyl (C=O) groups excluding carboxylic acids is 8.